The lowest BCUT2D eigenvalue weighted by atomic mass is 9.86. The molecule has 2 N–H and O–H groups in total. The number of amides is 2. The Hall–Kier alpha value is -1.98. The summed E-state index contributed by atoms with van der Waals surface area (Å²) in [6.07, 6.45) is 0. The molecule has 1 aromatic rings. The molecule has 1 aromatic carbocycles. The van der Waals surface area contributed by atoms with Gasteiger partial charge in [0.05, 0.1) is 5.56 Å². The van der Waals surface area contributed by atoms with E-state index in [4.69, 9.17) is 0 Å². The Morgan fingerprint density at radius 3 is 2.25 bits per heavy atom. The van der Waals surface area contributed by atoms with Crippen LogP contribution in [0.3, 0.4) is 0 Å². The first kappa shape index (κ1) is 16.1. The Kier molecular flexibility index (Phi) is 4.81. The van der Waals surface area contributed by atoms with Crippen molar-refractivity contribution in [2.24, 2.45) is 5.41 Å². The van der Waals surface area contributed by atoms with Gasteiger partial charge in [-0.25, -0.2) is 8.78 Å². The van der Waals surface area contributed by atoms with Crippen LogP contribution >= 0.6 is 0 Å². The molecule has 0 saturated heterocycles. The van der Waals surface area contributed by atoms with Crippen LogP contribution in [0.4, 0.5) is 8.78 Å². The third-order valence-electron chi connectivity index (χ3n) is 2.83. The molecule has 0 radical (unpaired) electrons. The van der Waals surface area contributed by atoms with Crippen LogP contribution in [0.2, 0.25) is 0 Å². The van der Waals surface area contributed by atoms with Gasteiger partial charge in [-0.15, -0.1) is 0 Å². The van der Waals surface area contributed by atoms with Crippen molar-refractivity contribution in [1.29, 1.82) is 0 Å². The van der Waals surface area contributed by atoms with Gasteiger partial charge in [0.2, 0.25) is 5.91 Å². The third-order valence-corrected chi connectivity index (χ3v) is 2.83. The molecule has 0 aliphatic heterocycles. The summed E-state index contributed by atoms with van der Waals surface area (Å²) in [6, 6.07) is 1.83. The molecule has 1 unspecified atom stereocenters. The van der Waals surface area contributed by atoms with Gasteiger partial charge in [0, 0.05) is 13.1 Å². The zero-order valence-electron chi connectivity index (χ0n) is 11.9. The molecule has 0 heterocycles. The van der Waals surface area contributed by atoms with Gasteiger partial charge >= 0.3 is 0 Å². The normalized spacial score (nSPS) is 12.7. The van der Waals surface area contributed by atoms with Crippen LogP contribution in [-0.4, -0.2) is 24.9 Å². The van der Waals surface area contributed by atoms with E-state index in [2.05, 4.69) is 10.6 Å². The number of benzene rings is 1. The highest BCUT2D eigenvalue weighted by atomic mass is 19.1. The first-order valence-corrected chi connectivity index (χ1v) is 6.14. The average molecular weight is 284 g/mol. The zero-order valence-corrected chi connectivity index (χ0v) is 11.9. The van der Waals surface area contributed by atoms with Crippen LogP contribution in [0.25, 0.3) is 0 Å². The smallest absolute Gasteiger partial charge is 0.254 e. The number of hydrogen-bond donors (Lipinski definition) is 2. The van der Waals surface area contributed by atoms with Crippen LogP contribution in [0.1, 0.15) is 31.1 Å². The summed E-state index contributed by atoms with van der Waals surface area (Å²) in [7, 11) is 1.45. The molecule has 0 aliphatic rings. The number of rotatable bonds is 3. The average Bonchev–Trinajstić information content (AvgIpc) is 2.33. The second kappa shape index (κ2) is 5.98. The molecule has 1 atom stereocenters. The SMILES string of the molecule is CNC(=O)C(NC(=O)c1ccc(F)cc1F)C(C)(C)C. The molecule has 2 amide bonds. The molecular formula is C14H18F2N2O2. The number of hydrogen-bond acceptors (Lipinski definition) is 2. The van der Waals surface area contributed by atoms with E-state index in [1.54, 1.807) is 20.8 Å². The van der Waals surface area contributed by atoms with Crippen molar-refractivity contribution in [3.8, 4) is 0 Å². The predicted molar refractivity (Wildman–Crippen MR) is 71.1 cm³/mol. The molecule has 0 aliphatic carbocycles. The fourth-order valence-corrected chi connectivity index (χ4v) is 1.70. The van der Waals surface area contributed by atoms with Gasteiger partial charge in [0.25, 0.3) is 5.91 Å². The topological polar surface area (TPSA) is 58.2 Å². The van der Waals surface area contributed by atoms with Gasteiger partial charge < -0.3 is 10.6 Å². The van der Waals surface area contributed by atoms with Crippen LogP contribution in [0, 0.1) is 17.0 Å². The van der Waals surface area contributed by atoms with Gasteiger partial charge in [-0.1, -0.05) is 20.8 Å². The number of halogens is 2. The van der Waals surface area contributed by atoms with Crippen molar-refractivity contribution in [1.82, 2.24) is 10.6 Å². The number of carbonyl (C=O) groups excluding carboxylic acids is 2. The maximum absolute atomic E-state index is 13.5. The third kappa shape index (κ3) is 3.76. The molecule has 110 valence electrons. The van der Waals surface area contributed by atoms with Gasteiger partial charge in [0.15, 0.2) is 0 Å². The van der Waals surface area contributed by atoms with E-state index >= 15 is 0 Å². The minimum Gasteiger partial charge on any atom is -0.357 e. The summed E-state index contributed by atoms with van der Waals surface area (Å²) in [6.45, 7) is 5.32. The Bertz CT molecular complexity index is 524. The highest BCUT2D eigenvalue weighted by molar-refractivity contribution is 5.97. The van der Waals surface area contributed by atoms with Crippen molar-refractivity contribution < 1.29 is 18.4 Å². The number of carbonyl (C=O) groups is 2. The summed E-state index contributed by atoms with van der Waals surface area (Å²) < 4.78 is 26.3. The lowest BCUT2D eigenvalue weighted by molar-refractivity contribution is -0.124. The highest BCUT2D eigenvalue weighted by Crippen LogP contribution is 2.20. The van der Waals surface area contributed by atoms with Gasteiger partial charge in [0.1, 0.15) is 17.7 Å². The van der Waals surface area contributed by atoms with Crippen molar-refractivity contribution in [2.45, 2.75) is 26.8 Å². The molecule has 20 heavy (non-hydrogen) atoms. The Morgan fingerprint density at radius 2 is 1.80 bits per heavy atom. The Morgan fingerprint density at radius 1 is 1.20 bits per heavy atom. The van der Waals surface area contributed by atoms with Crippen molar-refractivity contribution >= 4 is 11.8 Å². The van der Waals surface area contributed by atoms with Gasteiger partial charge in [-0.3, -0.25) is 9.59 Å². The Labute approximate surface area is 116 Å². The summed E-state index contributed by atoms with van der Waals surface area (Å²) in [5.41, 5.74) is -0.851. The monoisotopic (exact) mass is 284 g/mol. The lowest BCUT2D eigenvalue weighted by Gasteiger charge is -2.29. The first-order valence-electron chi connectivity index (χ1n) is 6.14. The molecule has 0 spiro atoms. The predicted octanol–water partition coefficient (Wildman–Crippen LogP) is 1.86. The summed E-state index contributed by atoms with van der Waals surface area (Å²) in [5.74, 6) is -2.87. The molecule has 0 saturated carbocycles. The second-order valence-electron chi connectivity index (χ2n) is 5.51. The minimum absolute atomic E-state index is 0.301. The fraction of sp³-hybridized carbons (Fsp3) is 0.429. The lowest BCUT2D eigenvalue weighted by Crippen LogP contribution is -2.53. The molecule has 4 nitrogen and oxygen atoms in total. The molecule has 0 aromatic heterocycles. The largest absolute Gasteiger partial charge is 0.357 e. The van der Waals surface area contributed by atoms with E-state index in [9.17, 15) is 18.4 Å². The molecule has 1 rings (SSSR count). The minimum atomic E-state index is -0.966. The number of likely N-dealkylation sites (N-methyl/N-ethyl adjacent to an activating group) is 1. The van der Waals surface area contributed by atoms with E-state index in [0.717, 1.165) is 12.1 Å². The first-order chi connectivity index (χ1) is 9.16. The number of nitrogens with one attached hydrogen (secondary N) is 2. The van der Waals surface area contributed by atoms with E-state index in [1.165, 1.54) is 7.05 Å². The standard InChI is InChI=1S/C14H18F2N2O2/c1-14(2,3)11(13(20)17-4)18-12(19)9-6-5-8(15)7-10(9)16/h5-7,11H,1-4H3,(H,17,20)(H,18,19). The summed E-state index contributed by atoms with van der Waals surface area (Å²) in [4.78, 5) is 23.8. The van der Waals surface area contributed by atoms with Gasteiger partial charge in [-0.05, 0) is 17.5 Å². The van der Waals surface area contributed by atoms with E-state index < -0.39 is 29.0 Å². The van der Waals surface area contributed by atoms with Crippen molar-refractivity contribution in [3.63, 3.8) is 0 Å². The molecule has 0 bridgehead atoms. The fourth-order valence-electron chi connectivity index (χ4n) is 1.70. The molecular weight excluding hydrogens is 266 g/mol. The molecule has 6 heteroatoms. The van der Waals surface area contributed by atoms with Crippen molar-refractivity contribution in [3.05, 3.63) is 35.4 Å². The highest BCUT2D eigenvalue weighted by Gasteiger charge is 2.32. The van der Waals surface area contributed by atoms with Gasteiger partial charge in [-0.2, -0.15) is 0 Å². The summed E-state index contributed by atoms with van der Waals surface area (Å²) in [5, 5.41) is 4.92. The van der Waals surface area contributed by atoms with Crippen LogP contribution in [0.5, 0.6) is 0 Å². The quantitative estimate of drug-likeness (QED) is 0.890. The summed E-state index contributed by atoms with van der Waals surface area (Å²) >= 11 is 0. The van der Waals surface area contributed by atoms with Crippen LogP contribution in [0.15, 0.2) is 18.2 Å². The van der Waals surface area contributed by atoms with Crippen LogP contribution in [-0.2, 0) is 4.79 Å². The van der Waals surface area contributed by atoms with Crippen molar-refractivity contribution in [2.75, 3.05) is 7.05 Å². The Balaban J connectivity index is 3.00. The maximum Gasteiger partial charge on any atom is 0.254 e. The van der Waals surface area contributed by atoms with E-state index in [0.29, 0.717) is 6.07 Å². The molecule has 0 fully saturated rings. The van der Waals surface area contributed by atoms with Crippen LogP contribution < -0.4 is 10.6 Å². The second-order valence-corrected chi connectivity index (χ2v) is 5.51. The maximum atomic E-state index is 13.5. The van der Waals surface area contributed by atoms with E-state index in [-0.39, 0.29) is 11.5 Å². The zero-order chi connectivity index (χ0) is 15.5. The van der Waals surface area contributed by atoms with E-state index in [1.807, 2.05) is 0 Å².